The Morgan fingerprint density at radius 2 is 1.50 bits per heavy atom. The largest absolute Gasteiger partial charge is 0.394 e. The van der Waals surface area contributed by atoms with Gasteiger partial charge in [-0.25, -0.2) is 0 Å². The van der Waals surface area contributed by atoms with Gasteiger partial charge in [0.2, 0.25) is 5.91 Å². The lowest BCUT2D eigenvalue weighted by Gasteiger charge is -2.30. The van der Waals surface area contributed by atoms with Gasteiger partial charge in [-0.3, -0.25) is 9.59 Å². The number of amides is 1. The number of carbonyl (C=O) groups is 2. The van der Waals surface area contributed by atoms with Gasteiger partial charge in [-0.05, 0) is 18.6 Å². The van der Waals surface area contributed by atoms with E-state index in [4.69, 9.17) is 0 Å². The third kappa shape index (κ3) is 4.35. The highest BCUT2D eigenvalue weighted by molar-refractivity contribution is 6.09. The number of nitrogens with one attached hydrogen (secondary N) is 1. The summed E-state index contributed by atoms with van der Waals surface area (Å²) in [5.74, 6) is -1.25. The standard InChI is InChI=1S/C20H23NO5/c1-14(19(26)21-20(11-22,12-23)13-24)16-8-5-9-17(10-16)18(25)15-6-3-2-4-7-15/h2-10,14,22-24H,11-13H2,1H3,(H,21,26)/t14-/m1/s1. The zero-order chi connectivity index (χ0) is 19.2. The Morgan fingerprint density at radius 3 is 2.08 bits per heavy atom. The van der Waals surface area contributed by atoms with Gasteiger partial charge in [-0.1, -0.05) is 48.5 Å². The van der Waals surface area contributed by atoms with Crippen molar-refractivity contribution >= 4 is 11.7 Å². The van der Waals surface area contributed by atoms with Crippen LogP contribution in [0, 0.1) is 0 Å². The Bertz CT molecular complexity index is 748. The summed E-state index contributed by atoms with van der Waals surface area (Å²) in [5, 5.41) is 30.5. The second kappa shape index (κ2) is 8.71. The van der Waals surface area contributed by atoms with Crippen LogP contribution in [-0.2, 0) is 4.79 Å². The molecule has 2 aromatic carbocycles. The van der Waals surface area contributed by atoms with Gasteiger partial charge in [0.25, 0.3) is 0 Å². The van der Waals surface area contributed by atoms with E-state index in [9.17, 15) is 24.9 Å². The molecule has 0 aliphatic rings. The zero-order valence-electron chi connectivity index (χ0n) is 14.6. The van der Waals surface area contributed by atoms with E-state index in [1.54, 1.807) is 55.5 Å². The molecule has 1 atom stereocenters. The van der Waals surface area contributed by atoms with Crippen LogP contribution in [0.15, 0.2) is 54.6 Å². The van der Waals surface area contributed by atoms with Gasteiger partial charge in [-0.15, -0.1) is 0 Å². The van der Waals surface area contributed by atoms with Gasteiger partial charge >= 0.3 is 0 Å². The van der Waals surface area contributed by atoms with Crippen molar-refractivity contribution in [1.29, 1.82) is 0 Å². The molecule has 0 bridgehead atoms. The van der Waals surface area contributed by atoms with Crippen LogP contribution in [0.4, 0.5) is 0 Å². The van der Waals surface area contributed by atoms with E-state index in [0.717, 1.165) is 0 Å². The first kappa shape index (κ1) is 19.8. The molecule has 0 heterocycles. The predicted molar refractivity (Wildman–Crippen MR) is 96.9 cm³/mol. The summed E-state index contributed by atoms with van der Waals surface area (Å²) in [4.78, 5) is 25.0. The molecule has 6 heteroatoms. The van der Waals surface area contributed by atoms with E-state index in [1.807, 2.05) is 6.07 Å². The van der Waals surface area contributed by atoms with Gasteiger partial charge < -0.3 is 20.6 Å². The summed E-state index contributed by atoms with van der Waals surface area (Å²) in [6.45, 7) is -0.126. The highest BCUT2D eigenvalue weighted by Crippen LogP contribution is 2.20. The molecule has 0 aliphatic carbocycles. The van der Waals surface area contributed by atoms with Crippen molar-refractivity contribution in [2.24, 2.45) is 0 Å². The molecule has 0 spiro atoms. The topological polar surface area (TPSA) is 107 Å². The Balaban J connectivity index is 2.21. The van der Waals surface area contributed by atoms with Crippen molar-refractivity contribution in [2.45, 2.75) is 18.4 Å². The SMILES string of the molecule is C[C@@H](C(=O)NC(CO)(CO)CO)c1cccc(C(=O)c2ccccc2)c1. The van der Waals surface area contributed by atoms with E-state index in [1.165, 1.54) is 0 Å². The number of aliphatic hydroxyl groups is 3. The number of rotatable bonds is 8. The van der Waals surface area contributed by atoms with Crippen LogP contribution >= 0.6 is 0 Å². The molecule has 0 aliphatic heterocycles. The van der Waals surface area contributed by atoms with E-state index in [-0.39, 0.29) is 5.78 Å². The first-order valence-electron chi connectivity index (χ1n) is 8.30. The van der Waals surface area contributed by atoms with E-state index in [2.05, 4.69) is 5.32 Å². The molecule has 2 rings (SSSR count). The first-order chi connectivity index (χ1) is 12.5. The average molecular weight is 357 g/mol. The zero-order valence-corrected chi connectivity index (χ0v) is 14.6. The summed E-state index contributed by atoms with van der Waals surface area (Å²) in [6.07, 6.45) is 0. The Morgan fingerprint density at radius 1 is 0.923 bits per heavy atom. The van der Waals surface area contributed by atoms with Gasteiger partial charge in [0, 0.05) is 11.1 Å². The monoisotopic (exact) mass is 357 g/mol. The molecule has 0 aromatic heterocycles. The summed E-state index contributed by atoms with van der Waals surface area (Å²) in [5.41, 5.74) is 0.155. The van der Waals surface area contributed by atoms with Gasteiger partial charge in [0.15, 0.2) is 5.78 Å². The second-order valence-corrected chi connectivity index (χ2v) is 6.29. The summed E-state index contributed by atoms with van der Waals surface area (Å²) in [7, 11) is 0. The summed E-state index contributed by atoms with van der Waals surface area (Å²) in [6, 6.07) is 15.6. The number of aliphatic hydroxyl groups excluding tert-OH is 3. The Kier molecular flexibility index (Phi) is 6.63. The lowest BCUT2D eigenvalue weighted by Crippen LogP contribution is -2.57. The van der Waals surface area contributed by atoms with Gasteiger partial charge in [0.05, 0.1) is 25.7 Å². The summed E-state index contributed by atoms with van der Waals surface area (Å²) >= 11 is 0. The molecule has 6 nitrogen and oxygen atoms in total. The molecule has 0 fully saturated rings. The van der Waals surface area contributed by atoms with Crippen molar-refractivity contribution in [3.8, 4) is 0 Å². The molecule has 0 unspecified atom stereocenters. The molecule has 2 aromatic rings. The summed E-state index contributed by atoms with van der Waals surface area (Å²) < 4.78 is 0. The Labute approximate surface area is 152 Å². The third-order valence-electron chi connectivity index (χ3n) is 4.37. The second-order valence-electron chi connectivity index (χ2n) is 6.29. The Hall–Kier alpha value is -2.54. The van der Waals surface area contributed by atoms with Crippen LogP contribution < -0.4 is 5.32 Å². The van der Waals surface area contributed by atoms with Crippen molar-refractivity contribution < 1.29 is 24.9 Å². The minimum absolute atomic E-state index is 0.143. The lowest BCUT2D eigenvalue weighted by molar-refractivity contribution is -0.126. The van der Waals surface area contributed by atoms with Crippen LogP contribution in [-0.4, -0.2) is 52.4 Å². The molecule has 4 N–H and O–H groups in total. The van der Waals surface area contributed by atoms with E-state index in [0.29, 0.717) is 16.7 Å². The molecule has 0 saturated carbocycles. The van der Waals surface area contributed by atoms with E-state index >= 15 is 0 Å². The molecule has 138 valence electrons. The van der Waals surface area contributed by atoms with Crippen LogP contribution in [0.1, 0.15) is 34.3 Å². The lowest BCUT2D eigenvalue weighted by atomic mass is 9.94. The van der Waals surface area contributed by atoms with Crippen molar-refractivity contribution in [3.05, 3.63) is 71.3 Å². The minimum atomic E-state index is -1.48. The highest BCUT2D eigenvalue weighted by atomic mass is 16.3. The normalized spacial score (nSPS) is 12.5. The van der Waals surface area contributed by atoms with Gasteiger partial charge in [-0.2, -0.15) is 0 Å². The first-order valence-corrected chi connectivity index (χ1v) is 8.30. The fourth-order valence-electron chi connectivity index (χ4n) is 2.50. The number of carbonyl (C=O) groups excluding carboxylic acids is 2. The molecular weight excluding hydrogens is 334 g/mol. The quantitative estimate of drug-likeness (QED) is 0.524. The maximum atomic E-state index is 12.6. The molecular formula is C20H23NO5. The molecule has 1 amide bonds. The predicted octanol–water partition coefficient (Wildman–Crippen LogP) is 0.853. The fraction of sp³-hybridized carbons (Fsp3) is 0.300. The van der Waals surface area contributed by atoms with Crippen LogP contribution in [0.25, 0.3) is 0 Å². The molecule has 26 heavy (non-hydrogen) atoms. The maximum Gasteiger partial charge on any atom is 0.227 e. The highest BCUT2D eigenvalue weighted by Gasteiger charge is 2.32. The van der Waals surface area contributed by atoms with E-state index < -0.39 is 37.2 Å². The smallest absolute Gasteiger partial charge is 0.227 e. The number of ketones is 1. The minimum Gasteiger partial charge on any atom is -0.394 e. The molecule has 0 radical (unpaired) electrons. The van der Waals surface area contributed by atoms with Gasteiger partial charge in [0.1, 0.15) is 5.54 Å². The van der Waals surface area contributed by atoms with Crippen LogP contribution in [0.2, 0.25) is 0 Å². The molecule has 0 saturated heterocycles. The van der Waals surface area contributed by atoms with Crippen molar-refractivity contribution in [2.75, 3.05) is 19.8 Å². The fourth-order valence-corrected chi connectivity index (χ4v) is 2.50. The average Bonchev–Trinajstić information content (AvgIpc) is 2.71. The van der Waals surface area contributed by atoms with Crippen LogP contribution in [0.5, 0.6) is 0 Å². The number of benzene rings is 2. The van der Waals surface area contributed by atoms with Crippen molar-refractivity contribution in [1.82, 2.24) is 5.32 Å². The maximum absolute atomic E-state index is 12.6. The third-order valence-corrected chi connectivity index (χ3v) is 4.37. The van der Waals surface area contributed by atoms with Crippen LogP contribution in [0.3, 0.4) is 0 Å². The van der Waals surface area contributed by atoms with Crippen molar-refractivity contribution in [3.63, 3.8) is 0 Å². The number of hydrogen-bond acceptors (Lipinski definition) is 5. The number of hydrogen-bond donors (Lipinski definition) is 4.